The fourth-order valence-electron chi connectivity index (χ4n) is 2.41. The molecule has 1 aromatic rings. The predicted molar refractivity (Wildman–Crippen MR) is 96.8 cm³/mol. The molecule has 0 saturated carbocycles. The molecule has 7 nitrogen and oxygen atoms in total. The zero-order valence-electron chi connectivity index (χ0n) is 14.5. The molecule has 9 heteroatoms. The standard InChI is InChI=1S/C17H19ClN2O5S/c1-4-25-17(22)16-14(11-19(2)3)15(21)9-10-20(16)26(23,24)13-7-5-12(18)6-8-13/h5-11,16H,4H2,1-3H3. The summed E-state index contributed by atoms with van der Waals surface area (Å²) in [4.78, 5) is 26.3. The normalized spacial score (nSPS) is 18.9. The minimum Gasteiger partial charge on any atom is -0.464 e. The number of carbonyl (C=O) groups is 2. The summed E-state index contributed by atoms with van der Waals surface area (Å²) < 4.78 is 31.9. The van der Waals surface area contributed by atoms with Crippen molar-refractivity contribution in [3.63, 3.8) is 0 Å². The van der Waals surface area contributed by atoms with Crippen molar-refractivity contribution < 1.29 is 22.7 Å². The first-order valence-corrected chi connectivity index (χ1v) is 9.56. The molecule has 2 rings (SSSR count). The number of carbonyl (C=O) groups excluding carboxylic acids is 2. The van der Waals surface area contributed by atoms with Gasteiger partial charge in [-0.15, -0.1) is 0 Å². The molecule has 1 aliphatic rings. The van der Waals surface area contributed by atoms with Crippen LogP contribution in [0.1, 0.15) is 6.92 Å². The van der Waals surface area contributed by atoms with E-state index in [2.05, 4.69) is 0 Å². The van der Waals surface area contributed by atoms with E-state index in [4.69, 9.17) is 16.3 Å². The molecule has 0 amide bonds. The Bertz CT molecular complexity index is 860. The largest absolute Gasteiger partial charge is 0.464 e. The van der Waals surface area contributed by atoms with E-state index >= 15 is 0 Å². The summed E-state index contributed by atoms with van der Waals surface area (Å²) in [7, 11) is -0.777. The Hall–Kier alpha value is -2.32. The minimum atomic E-state index is -4.11. The second kappa shape index (κ2) is 7.92. The monoisotopic (exact) mass is 398 g/mol. The molecule has 0 bridgehead atoms. The number of ketones is 1. The minimum absolute atomic E-state index is 0.00786. The van der Waals surface area contributed by atoms with Crippen LogP contribution in [0.25, 0.3) is 0 Å². The Kier molecular flexibility index (Phi) is 6.09. The first-order chi connectivity index (χ1) is 12.2. The molecule has 0 N–H and O–H groups in total. The highest BCUT2D eigenvalue weighted by atomic mass is 35.5. The third kappa shape index (κ3) is 4.08. The molecule has 26 heavy (non-hydrogen) atoms. The Balaban J connectivity index is 2.60. The second-order valence-electron chi connectivity index (χ2n) is 5.67. The number of esters is 1. The van der Waals surface area contributed by atoms with E-state index in [9.17, 15) is 18.0 Å². The van der Waals surface area contributed by atoms with Crippen molar-refractivity contribution in [3.8, 4) is 0 Å². The van der Waals surface area contributed by atoms with Crippen molar-refractivity contribution >= 4 is 33.4 Å². The van der Waals surface area contributed by atoms with Gasteiger partial charge in [0.2, 0.25) is 0 Å². The number of sulfonamides is 1. The summed E-state index contributed by atoms with van der Waals surface area (Å²) >= 11 is 5.81. The van der Waals surface area contributed by atoms with Gasteiger partial charge in [-0.25, -0.2) is 13.2 Å². The molecule has 0 fully saturated rings. The molecule has 0 spiro atoms. The Labute approximate surface area is 157 Å². The van der Waals surface area contributed by atoms with E-state index in [1.165, 1.54) is 30.5 Å². The number of hydrogen-bond donors (Lipinski definition) is 0. The Morgan fingerprint density at radius 2 is 1.92 bits per heavy atom. The maximum absolute atomic E-state index is 13.0. The topological polar surface area (TPSA) is 84.0 Å². The molecule has 1 unspecified atom stereocenters. The van der Waals surface area contributed by atoms with E-state index in [1.54, 1.807) is 25.9 Å². The molecule has 0 saturated heterocycles. The summed E-state index contributed by atoms with van der Waals surface area (Å²) in [5.74, 6) is -1.28. The van der Waals surface area contributed by atoms with Gasteiger partial charge in [0.1, 0.15) is 0 Å². The van der Waals surface area contributed by atoms with E-state index in [0.717, 1.165) is 16.6 Å². The molecule has 0 aromatic heterocycles. The quantitative estimate of drug-likeness (QED) is 0.555. The maximum atomic E-state index is 13.0. The number of ether oxygens (including phenoxy) is 1. The van der Waals surface area contributed by atoms with E-state index in [-0.39, 0.29) is 17.1 Å². The van der Waals surface area contributed by atoms with Gasteiger partial charge in [0.25, 0.3) is 10.0 Å². The van der Waals surface area contributed by atoms with Crippen LogP contribution in [0.3, 0.4) is 0 Å². The van der Waals surface area contributed by atoms with Crippen LogP contribution in [0, 0.1) is 0 Å². The number of halogens is 1. The number of benzene rings is 1. The lowest BCUT2D eigenvalue weighted by molar-refractivity contribution is -0.146. The Morgan fingerprint density at radius 1 is 1.31 bits per heavy atom. The molecule has 1 aromatic carbocycles. The van der Waals surface area contributed by atoms with Crippen LogP contribution in [-0.4, -0.2) is 56.1 Å². The second-order valence-corrected chi connectivity index (χ2v) is 7.95. The van der Waals surface area contributed by atoms with Crippen LogP contribution in [0.5, 0.6) is 0 Å². The average molecular weight is 399 g/mol. The SMILES string of the molecule is CCOC(=O)C1C(=CN(C)C)C(=O)C=CN1S(=O)(=O)c1ccc(Cl)cc1. The third-order valence-electron chi connectivity index (χ3n) is 3.50. The lowest BCUT2D eigenvalue weighted by Crippen LogP contribution is -2.47. The van der Waals surface area contributed by atoms with Crippen LogP contribution in [0.15, 0.2) is 53.2 Å². The van der Waals surface area contributed by atoms with E-state index < -0.39 is 27.8 Å². The van der Waals surface area contributed by atoms with Gasteiger partial charge in [0, 0.05) is 37.6 Å². The summed E-state index contributed by atoms with van der Waals surface area (Å²) in [6.07, 6.45) is 3.61. The zero-order chi connectivity index (χ0) is 19.5. The molecule has 140 valence electrons. The highest BCUT2D eigenvalue weighted by molar-refractivity contribution is 7.89. The van der Waals surface area contributed by atoms with Crippen LogP contribution >= 0.6 is 11.6 Å². The van der Waals surface area contributed by atoms with Gasteiger partial charge in [-0.1, -0.05) is 11.6 Å². The van der Waals surface area contributed by atoms with Crippen LogP contribution < -0.4 is 0 Å². The predicted octanol–water partition coefficient (Wildman–Crippen LogP) is 1.80. The van der Waals surface area contributed by atoms with Gasteiger partial charge in [0.15, 0.2) is 11.8 Å². The summed E-state index contributed by atoms with van der Waals surface area (Å²) in [5.41, 5.74) is 0.00786. The molecular weight excluding hydrogens is 380 g/mol. The van der Waals surface area contributed by atoms with Crippen molar-refractivity contribution in [2.75, 3.05) is 20.7 Å². The highest BCUT2D eigenvalue weighted by Crippen LogP contribution is 2.28. The first kappa shape index (κ1) is 20.0. The van der Waals surface area contributed by atoms with Gasteiger partial charge in [-0.2, -0.15) is 0 Å². The lowest BCUT2D eigenvalue weighted by atomic mass is 10.0. The van der Waals surface area contributed by atoms with Crippen molar-refractivity contribution in [2.24, 2.45) is 0 Å². The smallest absolute Gasteiger partial charge is 0.334 e. The lowest BCUT2D eigenvalue weighted by Gasteiger charge is -2.32. The summed E-state index contributed by atoms with van der Waals surface area (Å²) in [5, 5.41) is 0.378. The maximum Gasteiger partial charge on any atom is 0.334 e. The summed E-state index contributed by atoms with van der Waals surface area (Å²) in [6, 6.07) is 4.13. The molecule has 1 atom stereocenters. The number of hydrogen-bond acceptors (Lipinski definition) is 6. The van der Waals surface area contributed by atoms with Gasteiger partial charge in [-0.3, -0.25) is 9.10 Å². The van der Waals surface area contributed by atoms with Gasteiger partial charge >= 0.3 is 5.97 Å². The molecule has 1 aliphatic heterocycles. The molecule has 1 heterocycles. The number of allylic oxidation sites excluding steroid dienone is 1. The van der Waals surface area contributed by atoms with E-state index in [0.29, 0.717) is 5.02 Å². The van der Waals surface area contributed by atoms with Crippen molar-refractivity contribution in [3.05, 3.63) is 53.3 Å². The van der Waals surface area contributed by atoms with Crippen LogP contribution in [-0.2, 0) is 24.3 Å². The Morgan fingerprint density at radius 3 is 2.46 bits per heavy atom. The molecular formula is C17H19ClN2O5S. The number of rotatable bonds is 5. The van der Waals surface area contributed by atoms with Crippen molar-refractivity contribution in [1.29, 1.82) is 0 Å². The zero-order valence-corrected chi connectivity index (χ0v) is 16.1. The molecule has 0 aliphatic carbocycles. The van der Waals surface area contributed by atoms with Crippen molar-refractivity contribution in [1.82, 2.24) is 9.21 Å². The van der Waals surface area contributed by atoms with Gasteiger partial charge < -0.3 is 9.64 Å². The van der Waals surface area contributed by atoms with Crippen molar-refractivity contribution in [2.45, 2.75) is 17.9 Å². The van der Waals surface area contributed by atoms with Crippen LogP contribution in [0.2, 0.25) is 5.02 Å². The van der Waals surface area contributed by atoms with Gasteiger partial charge in [-0.05, 0) is 31.2 Å². The third-order valence-corrected chi connectivity index (χ3v) is 5.51. The summed E-state index contributed by atoms with van der Waals surface area (Å²) in [6.45, 7) is 1.66. The highest BCUT2D eigenvalue weighted by Gasteiger charge is 2.41. The van der Waals surface area contributed by atoms with Crippen LogP contribution in [0.4, 0.5) is 0 Å². The van der Waals surface area contributed by atoms with Gasteiger partial charge in [0.05, 0.1) is 17.1 Å². The van der Waals surface area contributed by atoms with E-state index in [1.807, 2.05) is 0 Å². The number of nitrogens with zero attached hydrogens (tertiary/aromatic N) is 2. The average Bonchev–Trinajstić information content (AvgIpc) is 2.56. The fraction of sp³-hybridized carbons (Fsp3) is 0.294. The molecule has 0 radical (unpaired) electrons. The fourth-order valence-corrected chi connectivity index (χ4v) is 3.95. The first-order valence-electron chi connectivity index (χ1n) is 7.75.